The van der Waals surface area contributed by atoms with Crippen molar-refractivity contribution in [2.45, 2.75) is 137 Å². The van der Waals surface area contributed by atoms with E-state index in [0.717, 1.165) is 0 Å². The van der Waals surface area contributed by atoms with Gasteiger partial charge in [0.05, 0.1) is 39.1 Å². The van der Waals surface area contributed by atoms with Crippen LogP contribution in [-0.4, -0.2) is 234 Å². The molecule has 4 aliphatic rings. The van der Waals surface area contributed by atoms with Crippen LogP contribution in [0.15, 0.2) is 30.3 Å². The predicted octanol–water partition coefficient (Wildman–Crippen LogP) is -5.13. The lowest BCUT2D eigenvalue weighted by molar-refractivity contribution is -0.366. The Bertz CT molecular complexity index is 2160. The average molecular weight is 945 g/mol. The van der Waals surface area contributed by atoms with E-state index in [4.69, 9.17) is 42.6 Å². The van der Waals surface area contributed by atoms with Gasteiger partial charge in [-0.3, -0.25) is 4.79 Å². The fourth-order valence-corrected chi connectivity index (χ4v) is 8.51. The number of hydrogen-bond donors (Lipinski definition) is 14. The number of ether oxygens (including phenoxy) is 9. The van der Waals surface area contributed by atoms with Crippen LogP contribution in [0.2, 0.25) is 0 Å². The minimum absolute atomic E-state index is 0.0348. The number of aliphatic hydroxyl groups is 13. The number of ketones is 1. The van der Waals surface area contributed by atoms with Gasteiger partial charge in [0.25, 0.3) is 0 Å². The maximum Gasteiger partial charge on any atom is 0.229 e. The summed E-state index contributed by atoms with van der Waals surface area (Å²) in [6, 6.07) is 8.15. The van der Waals surface area contributed by atoms with E-state index in [-0.39, 0.29) is 22.8 Å². The number of hydrogen-bond acceptors (Lipinski definition) is 24. The molecule has 4 saturated heterocycles. The summed E-state index contributed by atoms with van der Waals surface area (Å²) >= 11 is 0. The van der Waals surface area contributed by atoms with Gasteiger partial charge in [-0.05, 0) is 48.4 Å². The van der Waals surface area contributed by atoms with Crippen molar-refractivity contribution in [1.82, 2.24) is 0 Å². The molecule has 0 saturated carbocycles. The first-order chi connectivity index (χ1) is 31.3. The van der Waals surface area contributed by atoms with Crippen LogP contribution in [0.3, 0.4) is 0 Å². The van der Waals surface area contributed by atoms with Crippen molar-refractivity contribution in [2.75, 3.05) is 33.5 Å². The van der Waals surface area contributed by atoms with E-state index in [1.54, 1.807) is 31.2 Å². The first-order valence-corrected chi connectivity index (χ1v) is 21.0. The minimum Gasteiger partial charge on any atom is -0.507 e. The molecule has 24 nitrogen and oxygen atoms in total. The maximum atomic E-state index is 12.4. The molecule has 3 aromatic rings. The van der Waals surface area contributed by atoms with Gasteiger partial charge < -0.3 is 114 Å². The molecule has 20 atom stereocenters. The third-order valence-corrected chi connectivity index (χ3v) is 12.3. The Morgan fingerprint density at radius 1 is 0.561 bits per heavy atom. The van der Waals surface area contributed by atoms with E-state index in [0.29, 0.717) is 32.9 Å². The largest absolute Gasteiger partial charge is 0.507 e. The van der Waals surface area contributed by atoms with Crippen molar-refractivity contribution in [1.29, 1.82) is 0 Å². The first kappa shape index (κ1) is 50.3. The van der Waals surface area contributed by atoms with E-state index >= 15 is 0 Å². The molecule has 4 fully saturated rings. The van der Waals surface area contributed by atoms with Gasteiger partial charge in [-0.2, -0.15) is 0 Å². The van der Waals surface area contributed by atoms with Crippen molar-refractivity contribution in [3.8, 4) is 17.2 Å². The van der Waals surface area contributed by atoms with E-state index in [9.17, 15) is 76.3 Å². The Hall–Kier alpha value is -3.55. The van der Waals surface area contributed by atoms with Gasteiger partial charge in [-0.1, -0.05) is 6.07 Å². The Kier molecular flexibility index (Phi) is 15.7. The number of benzene rings is 3. The van der Waals surface area contributed by atoms with Crippen LogP contribution in [0.4, 0.5) is 0 Å². The molecule has 0 aromatic heterocycles. The molecule has 0 aliphatic carbocycles. The molecule has 7 rings (SSSR count). The lowest BCUT2D eigenvalue weighted by atomic mass is 9.95. The first-order valence-electron chi connectivity index (χ1n) is 21.0. The van der Waals surface area contributed by atoms with Crippen molar-refractivity contribution in [2.24, 2.45) is 0 Å². The second kappa shape index (κ2) is 20.6. The number of aliphatic hydroxyl groups excluding tert-OH is 13. The Morgan fingerprint density at radius 2 is 1.05 bits per heavy atom. The second-order valence-electron chi connectivity index (χ2n) is 16.7. The summed E-state index contributed by atoms with van der Waals surface area (Å²) in [5.41, 5.74) is 0.680. The number of carbonyl (C=O) groups excluding carboxylic acids is 1. The molecule has 24 heteroatoms. The van der Waals surface area contributed by atoms with Gasteiger partial charge in [-0.15, -0.1) is 0 Å². The Labute approximate surface area is 374 Å². The van der Waals surface area contributed by atoms with E-state index in [1.807, 2.05) is 0 Å². The maximum absolute atomic E-state index is 12.4. The number of Topliss-reactive ketones (excluding diaryl/α,β-unsaturated/α-hetero) is 1. The topological polar surface area (TPSA) is 383 Å². The monoisotopic (exact) mass is 944 g/mol. The van der Waals surface area contributed by atoms with Gasteiger partial charge in [0.1, 0.15) is 115 Å². The summed E-state index contributed by atoms with van der Waals surface area (Å²) in [5.74, 6) is -0.270. The summed E-state index contributed by atoms with van der Waals surface area (Å²) in [6.07, 6.45) is -35.5. The number of phenolic OH excluding ortho intramolecular Hbond substituents is 1. The van der Waals surface area contributed by atoms with Gasteiger partial charge in [0.15, 0.2) is 24.7 Å². The highest BCUT2D eigenvalue weighted by atomic mass is 16.8. The van der Waals surface area contributed by atoms with E-state index in [1.165, 1.54) is 20.1 Å². The van der Waals surface area contributed by atoms with E-state index in [2.05, 4.69) is 0 Å². The molecule has 0 amide bonds. The Morgan fingerprint density at radius 3 is 1.62 bits per heavy atom. The number of aryl methyl sites for hydroxylation is 1. The lowest BCUT2D eigenvalue weighted by Crippen LogP contribution is -2.65. The molecule has 0 unspecified atom stereocenters. The number of phenols is 1. The van der Waals surface area contributed by atoms with Crippen LogP contribution < -0.4 is 9.47 Å². The van der Waals surface area contributed by atoms with Crippen LogP contribution in [0.5, 0.6) is 17.2 Å². The highest BCUT2D eigenvalue weighted by Gasteiger charge is 2.52. The molecule has 0 spiro atoms. The quantitative estimate of drug-likeness (QED) is 0.0531. The zero-order valence-electron chi connectivity index (χ0n) is 35.6. The predicted molar refractivity (Wildman–Crippen MR) is 217 cm³/mol. The zero-order valence-corrected chi connectivity index (χ0v) is 35.6. The number of methoxy groups -OCH3 is 1. The molecular formula is C42H56O24. The standard InChI is InChI=1S/C42H56O24/c1-13-4-15-5-16-6-17(58-3)7-20(18(16)8-19(15)26(46)25(13)14(2)45)61-41-35(55)33(53)29(49)24(65-41)12-59-39-34(54)32(52)28(48)23(64-39)11-60-40-37(57)38(30(50)22(10-44)62-40)66-42-36(56)31(51)27(47)21(9-43)63-42/h4-8,21-24,27-44,46-57H,9-12H2,1-3H3/t21-,22-,23-,24-,27-,28-,29-,30-,31+,32+,33+,34-,35-,36-,37-,38+,39-,40-,41-,42+/m1/s1. The molecule has 3 aromatic carbocycles. The van der Waals surface area contributed by atoms with Crippen LogP contribution in [-0.2, 0) is 33.2 Å². The zero-order chi connectivity index (χ0) is 48.0. The lowest BCUT2D eigenvalue weighted by Gasteiger charge is -2.46. The van der Waals surface area contributed by atoms with Crippen molar-refractivity contribution < 1.29 is 119 Å². The molecule has 4 aliphatic heterocycles. The molecule has 4 heterocycles. The average Bonchev–Trinajstić information content (AvgIpc) is 3.29. The fraction of sp³-hybridized carbons (Fsp3) is 0.643. The minimum atomic E-state index is -1.96. The Balaban J connectivity index is 1.03. The molecule has 14 N–H and O–H groups in total. The molecule has 0 radical (unpaired) electrons. The fourth-order valence-electron chi connectivity index (χ4n) is 8.51. The van der Waals surface area contributed by atoms with Gasteiger partial charge in [-0.25, -0.2) is 0 Å². The SMILES string of the molecule is COc1cc(O[C@@H]2O[C@H](CO[C@@H]3O[C@H](CO[C@@H]4O[C@H](CO)[C@@H](O)[C@H](O[C@@H]5O[C@H](CO)[C@@H](O)[C@H](O)[C@H]5O)[C@H]4O)[C@@H](O)[C@H](O)[C@H]3O)[C@@H](O)[C@H](O)[C@H]2O)c2cc3c(O)c(C(C)=O)c(C)cc3cc2c1. The van der Waals surface area contributed by atoms with Gasteiger partial charge >= 0.3 is 0 Å². The van der Waals surface area contributed by atoms with Gasteiger partial charge in [0.2, 0.25) is 6.29 Å². The van der Waals surface area contributed by atoms with Crippen LogP contribution >= 0.6 is 0 Å². The molecule has 66 heavy (non-hydrogen) atoms. The third-order valence-electron chi connectivity index (χ3n) is 12.3. The van der Waals surface area contributed by atoms with Gasteiger partial charge in [0, 0.05) is 16.8 Å². The number of fused-ring (bicyclic) bond motifs is 2. The van der Waals surface area contributed by atoms with Crippen molar-refractivity contribution >= 4 is 27.3 Å². The number of carbonyl (C=O) groups is 1. The summed E-state index contributed by atoms with van der Waals surface area (Å²) in [7, 11) is 1.40. The summed E-state index contributed by atoms with van der Waals surface area (Å²) < 4.78 is 50.8. The van der Waals surface area contributed by atoms with Crippen LogP contribution in [0.1, 0.15) is 22.8 Å². The normalized spacial score (nSPS) is 39.8. The van der Waals surface area contributed by atoms with Crippen molar-refractivity contribution in [3.63, 3.8) is 0 Å². The molecule has 368 valence electrons. The summed E-state index contributed by atoms with van der Waals surface area (Å²) in [5, 5.41) is 150. The number of aromatic hydroxyl groups is 1. The number of rotatable bonds is 14. The van der Waals surface area contributed by atoms with E-state index < -0.39 is 149 Å². The van der Waals surface area contributed by atoms with Crippen molar-refractivity contribution in [3.05, 3.63) is 41.5 Å². The summed E-state index contributed by atoms with van der Waals surface area (Å²) in [6.45, 7) is -0.103. The molecule has 0 bridgehead atoms. The highest BCUT2D eigenvalue weighted by molar-refractivity contribution is 6.09. The second-order valence-corrected chi connectivity index (χ2v) is 16.7. The molecular weight excluding hydrogens is 888 g/mol. The highest BCUT2D eigenvalue weighted by Crippen LogP contribution is 2.41. The third kappa shape index (κ3) is 9.69. The van der Waals surface area contributed by atoms with Crippen LogP contribution in [0.25, 0.3) is 21.5 Å². The smallest absolute Gasteiger partial charge is 0.229 e. The summed E-state index contributed by atoms with van der Waals surface area (Å²) in [4.78, 5) is 12.4. The van der Waals surface area contributed by atoms with Crippen LogP contribution in [0, 0.1) is 6.92 Å².